The first kappa shape index (κ1) is 16.9. The monoisotopic (exact) mass is 323 g/mol. The van der Waals surface area contributed by atoms with E-state index in [-0.39, 0.29) is 6.54 Å². The van der Waals surface area contributed by atoms with Gasteiger partial charge in [-0.15, -0.1) is 0 Å². The number of nitrogens with zero attached hydrogens (tertiary/aromatic N) is 1. The third kappa shape index (κ3) is 3.64. The predicted octanol–water partition coefficient (Wildman–Crippen LogP) is 3.43. The molecular weight excluding hydrogens is 307 g/mol. The highest BCUT2D eigenvalue weighted by Gasteiger charge is 2.21. The predicted molar refractivity (Wildman–Crippen MR) is 80.0 cm³/mol. The van der Waals surface area contributed by atoms with Gasteiger partial charge in [0.1, 0.15) is 5.75 Å². The molecule has 0 radical (unpaired) electrons. The molecule has 0 aromatic heterocycles. The van der Waals surface area contributed by atoms with Gasteiger partial charge in [0.2, 0.25) is 0 Å². The summed E-state index contributed by atoms with van der Waals surface area (Å²) in [5.74, 6) is -4.47. The third-order valence-electron chi connectivity index (χ3n) is 3.52. The number of para-hydroxylation sites is 1. The Balaban J connectivity index is 2.10. The Morgan fingerprint density at radius 2 is 1.78 bits per heavy atom. The molecule has 0 bridgehead atoms. The van der Waals surface area contributed by atoms with Crippen molar-refractivity contribution in [3.05, 3.63) is 65.0 Å². The van der Waals surface area contributed by atoms with E-state index < -0.39 is 28.9 Å². The topological polar surface area (TPSA) is 29.5 Å². The lowest BCUT2D eigenvalue weighted by atomic mass is 10.1. The van der Waals surface area contributed by atoms with Gasteiger partial charge in [-0.2, -0.15) is 0 Å². The van der Waals surface area contributed by atoms with Crippen LogP contribution >= 0.6 is 0 Å². The van der Waals surface area contributed by atoms with E-state index in [0.717, 1.165) is 17.7 Å². The van der Waals surface area contributed by atoms with Gasteiger partial charge in [0, 0.05) is 13.6 Å². The third-order valence-corrected chi connectivity index (χ3v) is 3.52. The van der Waals surface area contributed by atoms with Crippen LogP contribution in [0.1, 0.15) is 15.9 Å². The van der Waals surface area contributed by atoms with Crippen molar-refractivity contribution in [1.82, 2.24) is 4.90 Å². The average Bonchev–Trinajstić information content (AvgIpc) is 2.57. The van der Waals surface area contributed by atoms with Gasteiger partial charge in [0.05, 0.1) is 12.7 Å². The molecule has 0 fully saturated rings. The highest BCUT2D eigenvalue weighted by molar-refractivity contribution is 5.94. The maximum atomic E-state index is 13.7. The van der Waals surface area contributed by atoms with Crippen LogP contribution in [0.15, 0.2) is 36.4 Å². The number of ether oxygens (including phenoxy) is 1. The molecule has 1 amide bonds. The highest BCUT2D eigenvalue weighted by Crippen LogP contribution is 2.19. The van der Waals surface area contributed by atoms with Crippen molar-refractivity contribution in [2.75, 3.05) is 20.7 Å². The summed E-state index contributed by atoms with van der Waals surface area (Å²) in [5.41, 5.74) is 0.395. The highest BCUT2D eigenvalue weighted by atomic mass is 19.2. The number of benzene rings is 2. The van der Waals surface area contributed by atoms with Crippen LogP contribution in [0.3, 0.4) is 0 Å². The SMILES string of the molecule is COc1ccccc1CCN(C)C(=O)c1ccc(F)c(F)c1F. The zero-order valence-electron chi connectivity index (χ0n) is 12.8. The molecule has 0 aliphatic rings. The van der Waals surface area contributed by atoms with Gasteiger partial charge in [0.15, 0.2) is 17.5 Å². The summed E-state index contributed by atoms with van der Waals surface area (Å²) in [7, 11) is 3.02. The first-order valence-electron chi connectivity index (χ1n) is 6.96. The number of methoxy groups -OCH3 is 1. The Kier molecular flexibility index (Phi) is 5.26. The van der Waals surface area contributed by atoms with Crippen LogP contribution in [0.25, 0.3) is 0 Å². The standard InChI is InChI=1S/C17H16F3NO2/c1-21(10-9-11-5-3-4-6-14(11)23-2)17(22)12-7-8-13(18)16(20)15(12)19/h3-8H,9-10H2,1-2H3. The normalized spacial score (nSPS) is 10.5. The van der Waals surface area contributed by atoms with Gasteiger partial charge in [0.25, 0.3) is 5.91 Å². The van der Waals surface area contributed by atoms with Gasteiger partial charge in [-0.25, -0.2) is 13.2 Å². The summed E-state index contributed by atoms with van der Waals surface area (Å²) in [5, 5.41) is 0. The molecule has 6 heteroatoms. The Morgan fingerprint density at radius 1 is 1.09 bits per heavy atom. The molecule has 0 unspecified atom stereocenters. The molecule has 0 aliphatic heterocycles. The smallest absolute Gasteiger partial charge is 0.256 e. The van der Waals surface area contributed by atoms with E-state index in [2.05, 4.69) is 0 Å². The number of carbonyl (C=O) groups excluding carboxylic acids is 1. The second kappa shape index (κ2) is 7.17. The van der Waals surface area contributed by atoms with E-state index in [9.17, 15) is 18.0 Å². The van der Waals surface area contributed by atoms with E-state index in [1.807, 2.05) is 18.2 Å². The Labute approximate surface area is 132 Å². The number of likely N-dealkylation sites (N-methyl/N-ethyl adjacent to an activating group) is 1. The van der Waals surface area contributed by atoms with E-state index in [4.69, 9.17) is 4.74 Å². The molecule has 2 aromatic rings. The number of hydrogen-bond donors (Lipinski definition) is 0. The summed E-state index contributed by atoms with van der Waals surface area (Å²) in [6.07, 6.45) is 0.484. The van der Waals surface area contributed by atoms with Crippen LogP contribution in [-0.2, 0) is 6.42 Å². The first-order chi connectivity index (χ1) is 11.0. The molecule has 2 rings (SSSR count). The molecule has 2 aromatic carbocycles. The molecule has 23 heavy (non-hydrogen) atoms. The Hall–Kier alpha value is -2.50. The van der Waals surface area contributed by atoms with Crippen molar-refractivity contribution in [2.24, 2.45) is 0 Å². The minimum atomic E-state index is -1.64. The minimum absolute atomic E-state index is 0.275. The van der Waals surface area contributed by atoms with Crippen molar-refractivity contribution < 1.29 is 22.7 Å². The number of hydrogen-bond acceptors (Lipinski definition) is 2. The van der Waals surface area contributed by atoms with Crippen molar-refractivity contribution >= 4 is 5.91 Å². The molecule has 0 N–H and O–H groups in total. The number of amides is 1. The van der Waals surface area contributed by atoms with E-state index >= 15 is 0 Å². The quantitative estimate of drug-likeness (QED) is 0.789. The lowest BCUT2D eigenvalue weighted by Crippen LogP contribution is -2.30. The lowest BCUT2D eigenvalue weighted by Gasteiger charge is -2.18. The molecular formula is C17H16F3NO2. The molecule has 0 saturated heterocycles. The first-order valence-corrected chi connectivity index (χ1v) is 6.96. The lowest BCUT2D eigenvalue weighted by molar-refractivity contribution is 0.0790. The van der Waals surface area contributed by atoms with Crippen molar-refractivity contribution in [3.8, 4) is 5.75 Å². The van der Waals surface area contributed by atoms with Crippen LogP contribution < -0.4 is 4.74 Å². The van der Waals surface area contributed by atoms with Gasteiger partial charge in [-0.05, 0) is 30.2 Å². The fourth-order valence-electron chi connectivity index (χ4n) is 2.20. The number of rotatable bonds is 5. The van der Waals surface area contributed by atoms with Crippen molar-refractivity contribution in [3.63, 3.8) is 0 Å². The number of carbonyl (C=O) groups is 1. The van der Waals surface area contributed by atoms with Crippen LogP contribution in [-0.4, -0.2) is 31.5 Å². The summed E-state index contributed by atoms with van der Waals surface area (Å²) in [4.78, 5) is 13.4. The molecule has 0 aliphatic carbocycles. The van der Waals surface area contributed by atoms with Gasteiger partial charge in [-0.1, -0.05) is 18.2 Å². The fourth-order valence-corrected chi connectivity index (χ4v) is 2.20. The Morgan fingerprint density at radius 3 is 2.48 bits per heavy atom. The zero-order valence-corrected chi connectivity index (χ0v) is 12.8. The van der Waals surface area contributed by atoms with Gasteiger partial charge in [-0.3, -0.25) is 4.79 Å². The van der Waals surface area contributed by atoms with E-state index in [1.54, 1.807) is 13.2 Å². The van der Waals surface area contributed by atoms with E-state index in [0.29, 0.717) is 12.2 Å². The zero-order chi connectivity index (χ0) is 17.0. The van der Waals surface area contributed by atoms with Crippen LogP contribution in [0.5, 0.6) is 5.75 Å². The van der Waals surface area contributed by atoms with Gasteiger partial charge < -0.3 is 9.64 Å². The second-order valence-electron chi connectivity index (χ2n) is 5.01. The van der Waals surface area contributed by atoms with Crippen LogP contribution in [0.2, 0.25) is 0 Å². The van der Waals surface area contributed by atoms with Crippen molar-refractivity contribution in [2.45, 2.75) is 6.42 Å². The largest absolute Gasteiger partial charge is 0.496 e. The molecule has 0 saturated carbocycles. The molecule has 0 spiro atoms. The second-order valence-corrected chi connectivity index (χ2v) is 5.01. The van der Waals surface area contributed by atoms with Crippen molar-refractivity contribution in [1.29, 1.82) is 0 Å². The Bertz CT molecular complexity index is 719. The summed E-state index contributed by atoms with van der Waals surface area (Å²) in [6, 6.07) is 9.00. The van der Waals surface area contributed by atoms with Crippen LogP contribution in [0.4, 0.5) is 13.2 Å². The molecule has 0 heterocycles. The molecule has 3 nitrogen and oxygen atoms in total. The fraction of sp³-hybridized carbons (Fsp3) is 0.235. The number of halogens is 3. The summed E-state index contributed by atoms with van der Waals surface area (Å²) < 4.78 is 45.0. The summed E-state index contributed by atoms with van der Waals surface area (Å²) >= 11 is 0. The van der Waals surface area contributed by atoms with Gasteiger partial charge >= 0.3 is 0 Å². The summed E-state index contributed by atoms with van der Waals surface area (Å²) in [6.45, 7) is 0.275. The molecule has 0 atom stereocenters. The maximum absolute atomic E-state index is 13.7. The minimum Gasteiger partial charge on any atom is -0.496 e. The maximum Gasteiger partial charge on any atom is 0.256 e. The van der Waals surface area contributed by atoms with Crippen LogP contribution in [0, 0.1) is 17.5 Å². The van der Waals surface area contributed by atoms with E-state index in [1.165, 1.54) is 11.9 Å². The molecule has 122 valence electrons. The average molecular weight is 323 g/mol.